The first-order valence-corrected chi connectivity index (χ1v) is 3.81. The predicted molar refractivity (Wildman–Crippen MR) is 43.3 cm³/mol. The molecule has 0 rings (SSSR count). The molecule has 1 radical (unpaired) electrons. The van der Waals surface area contributed by atoms with Crippen LogP contribution in [-0.4, -0.2) is 0 Å². The van der Waals surface area contributed by atoms with Gasteiger partial charge in [-0.1, -0.05) is 41.0 Å². The highest BCUT2D eigenvalue weighted by molar-refractivity contribution is 4.95. The van der Waals surface area contributed by atoms with Crippen LogP contribution in [0.3, 0.4) is 0 Å². The summed E-state index contributed by atoms with van der Waals surface area (Å²) in [5, 5.41) is 0. The van der Waals surface area contributed by atoms with Crippen LogP contribution in [0.25, 0.3) is 0 Å². The lowest BCUT2D eigenvalue weighted by Gasteiger charge is -2.25. The van der Waals surface area contributed by atoms with Gasteiger partial charge >= 0.3 is 0 Å². The second-order valence-electron chi connectivity index (χ2n) is 3.78. The van der Waals surface area contributed by atoms with Gasteiger partial charge in [-0.05, 0) is 17.8 Å². The third-order valence-corrected chi connectivity index (χ3v) is 1.91. The maximum atomic E-state index is 2.28. The molecule has 0 saturated carbocycles. The molecule has 0 unspecified atom stereocenters. The molecule has 0 heteroatoms. The van der Waals surface area contributed by atoms with Crippen LogP contribution in [0, 0.1) is 11.3 Å². The van der Waals surface area contributed by atoms with E-state index < -0.39 is 0 Å². The summed E-state index contributed by atoms with van der Waals surface area (Å²) in [5.74, 6) is 1.62. The SMILES string of the molecule is CCC[C](C)C(C)(C)C. The Labute approximate surface area is 59.7 Å². The molecule has 0 aromatic carbocycles. The lowest BCUT2D eigenvalue weighted by molar-refractivity contribution is 0.408. The van der Waals surface area contributed by atoms with E-state index in [-0.39, 0.29) is 0 Å². The fourth-order valence-electron chi connectivity index (χ4n) is 0.750. The molecule has 0 atom stereocenters. The molecular weight excluding hydrogens is 108 g/mol. The van der Waals surface area contributed by atoms with Crippen molar-refractivity contribution < 1.29 is 0 Å². The van der Waals surface area contributed by atoms with Crippen LogP contribution in [-0.2, 0) is 0 Å². The van der Waals surface area contributed by atoms with Crippen LogP contribution < -0.4 is 0 Å². The largest absolute Gasteiger partial charge is 0.0654 e. The van der Waals surface area contributed by atoms with Gasteiger partial charge in [0.2, 0.25) is 0 Å². The van der Waals surface area contributed by atoms with Crippen molar-refractivity contribution in [3.8, 4) is 0 Å². The van der Waals surface area contributed by atoms with Crippen LogP contribution in [0.2, 0.25) is 0 Å². The van der Waals surface area contributed by atoms with E-state index in [0.29, 0.717) is 5.41 Å². The smallest absolute Gasteiger partial charge is 0.0218 e. The minimum absolute atomic E-state index is 0.427. The molecule has 0 aromatic rings. The van der Waals surface area contributed by atoms with Gasteiger partial charge in [0.1, 0.15) is 0 Å². The van der Waals surface area contributed by atoms with Crippen molar-refractivity contribution in [1.29, 1.82) is 0 Å². The molecule has 9 heavy (non-hydrogen) atoms. The summed E-state index contributed by atoms with van der Waals surface area (Å²) < 4.78 is 0. The predicted octanol–water partition coefficient (Wildman–Crippen LogP) is 3.43. The van der Waals surface area contributed by atoms with Gasteiger partial charge < -0.3 is 0 Å². The Bertz CT molecular complexity index is 66.6. The molecule has 0 bridgehead atoms. The van der Waals surface area contributed by atoms with Gasteiger partial charge in [-0.15, -0.1) is 0 Å². The third-order valence-electron chi connectivity index (χ3n) is 1.91. The molecule has 0 aliphatic heterocycles. The van der Waals surface area contributed by atoms with E-state index in [1.165, 1.54) is 12.8 Å². The monoisotopic (exact) mass is 127 g/mol. The fourth-order valence-corrected chi connectivity index (χ4v) is 0.750. The summed E-state index contributed by atoms with van der Waals surface area (Å²) in [6.07, 6.45) is 2.56. The summed E-state index contributed by atoms with van der Waals surface area (Å²) in [5.41, 5.74) is 0.427. The molecule has 0 aliphatic rings. The van der Waals surface area contributed by atoms with Crippen molar-refractivity contribution in [2.24, 2.45) is 5.41 Å². The molecule has 0 spiro atoms. The molecule has 0 aromatic heterocycles. The van der Waals surface area contributed by atoms with Crippen LogP contribution in [0.4, 0.5) is 0 Å². The first-order valence-electron chi connectivity index (χ1n) is 3.81. The zero-order valence-corrected chi connectivity index (χ0v) is 7.41. The van der Waals surface area contributed by atoms with Crippen molar-refractivity contribution in [1.82, 2.24) is 0 Å². The Morgan fingerprint density at radius 1 is 1.22 bits per heavy atom. The summed E-state index contributed by atoms with van der Waals surface area (Å²) in [6, 6.07) is 0. The maximum Gasteiger partial charge on any atom is -0.0218 e. The van der Waals surface area contributed by atoms with Crippen LogP contribution >= 0.6 is 0 Å². The van der Waals surface area contributed by atoms with E-state index in [9.17, 15) is 0 Å². The highest BCUT2D eigenvalue weighted by Crippen LogP contribution is 2.30. The van der Waals surface area contributed by atoms with Gasteiger partial charge in [-0.25, -0.2) is 0 Å². The Kier molecular flexibility index (Phi) is 3.24. The van der Waals surface area contributed by atoms with E-state index in [0.717, 1.165) is 0 Å². The van der Waals surface area contributed by atoms with E-state index in [2.05, 4.69) is 34.6 Å². The average molecular weight is 127 g/mol. The quantitative estimate of drug-likeness (QED) is 0.533. The van der Waals surface area contributed by atoms with E-state index in [1.54, 1.807) is 5.92 Å². The Hall–Kier alpha value is 0. The minimum atomic E-state index is 0.427. The zero-order valence-electron chi connectivity index (χ0n) is 7.41. The number of hydrogen-bond acceptors (Lipinski definition) is 0. The minimum Gasteiger partial charge on any atom is -0.0654 e. The number of rotatable bonds is 2. The second kappa shape index (κ2) is 3.24. The molecule has 0 amide bonds. The van der Waals surface area contributed by atoms with Gasteiger partial charge in [0, 0.05) is 0 Å². The van der Waals surface area contributed by atoms with Crippen molar-refractivity contribution >= 4 is 0 Å². The topological polar surface area (TPSA) is 0 Å². The average Bonchev–Trinajstić information content (AvgIpc) is 1.64. The lowest BCUT2D eigenvalue weighted by Crippen LogP contribution is -2.14. The van der Waals surface area contributed by atoms with E-state index >= 15 is 0 Å². The summed E-state index contributed by atoms with van der Waals surface area (Å²) in [4.78, 5) is 0. The Morgan fingerprint density at radius 3 is 1.78 bits per heavy atom. The molecular formula is C9H19. The highest BCUT2D eigenvalue weighted by atomic mass is 14.2. The van der Waals surface area contributed by atoms with Gasteiger partial charge in [-0.3, -0.25) is 0 Å². The Morgan fingerprint density at radius 2 is 1.67 bits per heavy atom. The molecule has 0 nitrogen and oxygen atoms in total. The van der Waals surface area contributed by atoms with Gasteiger partial charge in [0.05, 0.1) is 0 Å². The first-order chi connectivity index (χ1) is 3.98. The molecule has 55 valence electrons. The summed E-state index contributed by atoms with van der Waals surface area (Å²) >= 11 is 0. The molecule has 0 heterocycles. The van der Waals surface area contributed by atoms with Gasteiger partial charge in [0.25, 0.3) is 0 Å². The molecule has 0 fully saturated rings. The van der Waals surface area contributed by atoms with Gasteiger partial charge in [0.15, 0.2) is 0 Å². The third kappa shape index (κ3) is 3.56. The zero-order chi connectivity index (χ0) is 7.49. The molecule has 0 aliphatic carbocycles. The van der Waals surface area contributed by atoms with Crippen molar-refractivity contribution in [3.05, 3.63) is 5.92 Å². The maximum absolute atomic E-state index is 2.28. The van der Waals surface area contributed by atoms with Crippen LogP contribution in [0.15, 0.2) is 0 Å². The molecule has 0 N–H and O–H groups in total. The van der Waals surface area contributed by atoms with Crippen molar-refractivity contribution in [2.45, 2.75) is 47.5 Å². The number of hydrogen-bond donors (Lipinski definition) is 0. The normalized spacial score (nSPS) is 12.7. The summed E-state index contributed by atoms with van der Waals surface area (Å²) in [6.45, 7) is 11.3. The van der Waals surface area contributed by atoms with Gasteiger partial charge in [-0.2, -0.15) is 0 Å². The van der Waals surface area contributed by atoms with Crippen LogP contribution in [0.1, 0.15) is 47.5 Å². The second-order valence-corrected chi connectivity index (χ2v) is 3.78. The van der Waals surface area contributed by atoms with E-state index in [1.807, 2.05) is 0 Å². The lowest BCUT2D eigenvalue weighted by atomic mass is 9.80. The van der Waals surface area contributed by atoms with Crippen LogP contribution in [0.5, 0.6) is 0 Å². The highest BCUT2D eigenvalue weighted by Gasteiger charge is 2.18. The summed E-state index contributed by atoms with van der Waals surface area (Å²) in [7, 11) is 0. The standard InChI is InChI=1S/C9H19/c1-6-7-8(2)9(3,4)5/h6-7H2,1-5H3. The van der Waals surface area contributed by atoms with Crippen molar-refractivity contribution in [2.75, 3.05) is 0 Å². The van der Waals surface area contributed by atoms with Crippen molar-refractivity contribution in [3.63, 3.8) is 0 Å². The molecule has 0 saturated heterocycles. The van der Waals surface area contributed by atoms with E-state index in [4.69, 9.17) is 0 Å². The Balaban J connectivity index is 3.59. The fraction of sp³-hybridized carbons (Fsp3) is 0.889. The first kappa shape index (κ1) is 9.00.